The van der Waals surface area contributed by atoms with Gasteiger partial charge in [-0.05, 0) is 30.3 Å². The Labute approximate surface area is 193 Å². The van der Waals surface area contributed by atoms with Crippen LogP contribution in [0.25, 0.3) is 16.7 Å². The largest absolute Gasteiger partial charge is 0.493 e. The standard InChI is InChI=1S/C22H20N6O4S/c1-31-17-9-8-14(10-18(17)32-2)21(30)27-26-19(29)12-33-22-16-11-25-28(20(16)23-13-24-22)15-6-4-3-5-7-15/h3-11,13H,12H2,1-2H3,(H,26,29)(H,27,30). The van der Waals surface area contributed by atoms with Crippen LogP contribution < -0.4 is 20.3 Å². The molecule has 0 spiro atoms. The van der Waals surface area contributed by atoms with Crippen molar-refractivity contribution in [2.75, 3.05) is 20.0 Å². The van der Waals surface area contributed by atoms with Gasteiger partial charge in [-0.3, -0.25) is 20.4 Å². The van der Waals surface area contributed by atoms with Crippen molar-refractivity contribution in [1.29, 1.82) is 0 Å². The second-order valence-electron chi connectivity index (χ2n) is 6.67. The second kappa shape index (κ2) is 10.0. The van der Waals surface area contributed by atoms with Gasteiger partial charge in [-0.1, -0.05) is 30.0 Å². The third-order valence-electron chi connectivity index (χ3n) is 4.63. The van der Waals surface area contributed by atoms with Gasteiger partial charge in [-0.25, -0.2) is 14.6 Å². The summed E-state index contributed by atoms with van der Waals surface area (Å²) in [4.78, 5) is 33.2. The van der Waals surface area contributed by atoms with Crippen molar-refractivity contribution in [2.45, 2.75) is 5.03 Å². The van der Waals surface area contributed by atoms with Crippen molar-refractivity contribution in [3.63, 3.8) is 0 Å². The van der Waals surface area contributed by atoms with Crippen molar-refractivity contribution in [3.05, 3.63) is 66.6 Å². The highest BCUT2D eigenvalue weighted by molar-refractivity contribution is 8.00. The maximum absolute atomic E-state index is 12.3. The van der Waals surface area contributed by atoms with E-state index < -0.39 is 11.8 Å². The van der Waals surface area contributed by atoms with Gasteiger partial charge >= 0.3 is 0 Å². The zero-order valence-electron chi connectivity index (χ0n) is 17.8. The quantitative estimate of drug-likeness (QED) is 0.243. The van der Waals surface area contributed by atoms with Gasteiger partial charge in [-0.15, -0.1) is 0 Å². The van der Waals surface area contributed by atoms with E-state index in [4.69, 9.17) is 9.47 Å². The Kier molecular flexibility index (Phi) is 6.69. The molecule has 2 amide bonds. The molecule has 2 N–H and O–H groups in total. The first-order valence-corrected chi connectivity index (χ1v) is 10.8. The van der Waals surface area contributed by atoms with Crippen molar-refractivity contribution < 1.29 is 19.1 Å². The molecule has 2 heterocycles. The monoisotopic (exact) mass is 464 g/mol. The summed E-state index contributed by atoms with van der Waals surface area (Å²) in [6, 6.07) is 14.3. The summed E-state index contributed by atoms with van der Waals surface area (Å²) in [6.07, 6.45) is 3.10. The average molecular weight is 465 g/mol. The number of nitrogens with one attached hydrogen (secondary N) is 2. The van der Waals surface area contributed by atoms with Gasteiger partial charge in [0.2, 0.25) is 5.91 Å². The number of para-hydroxylation sites is 1. The van der Waals surface area contributed by atoms with Crippen LogP contribution in [0.1, 0.15) is 10.4 Å². The van der Waals surface area contributed by atoms with Crippen LogP contribution in [0.5, 0.6) is 11.5 Å². The number of benzene rings is 2. The molecule has 0 saturated heterocycles. The summed E-state index contributed by atoms with van der Waals surface area (Å²) >= 11 is 1.22. The molecule has 0 fully saturated rings. The molecule has 0 radical (unpaired) electrons. The lowest BCUT2D eigenvalue weighted by Crippen LogP contribution is -2.42. The first-order valence-electron chi connectivity index (χ1n) is 9.79. The third-order valence-corrected chi connectivity index (χ3v) is 5.64. The van der Waals surface area contributed by atoms with Gasteiger partial charge < -0.3 is 9.47 Å². The highest BCUT2D eigenvalue weighted by Gasteiger charge is 2.14. The molecular formula is C22H20N6O4S. The molecule has 10 nitrogen and oxygen atoms in total. The molecular weight excluding hydrogens is 444 g/mol. The van der Waals surface area contributed by atoms with Crippen LogP contribution in [-0.2, 0) is 4.79 Å². The van der Waals surface area contributed by atoms with Gasteiger partial charge in [0.1, 0.15) is 11.4 Å². The SMILES string of the molecule is COc1ccc(C(=O)NNC(=O)CSc2ncnc3c2cnn3-c2ccccc2)cc1OC. The smallest absolute Gasteiger partial charge is 0.269 e. The van der Waals surface area contributed by atoms with Crippen LogP contribution in [0.2, 0.25) is 0 Å². The first-order chi connectivity index (χ1) is 16.1. The van der Waals surface area contributed by atoms with E-state index in [1.807, 2.05) is 30.3 Å². The normalized spacial score (nSPS) is 10.6. The summed E-state index contributed by atoms with van der Waals surface area (Å²) in [5, 5.41) is 5.74. The molecule has 4 aromatic rings. The van der Waals surface area contributed by atoms with Crippen molar-refractivity contribution >= 4 is 34.6 Å². The zero-order valence-corrected chi connectivity index (χ0v) is 18.6. The summed E-state index contributed by atoms with van der Waals surface area (Å²) in [5.41, 5.74) is 6.61. The predicted molar refractivity (Wildman–Crippen MR) is 123 cm³/mol. The maximum atomic E-state index is 12.3. The molecule has 168 valence electrons. The van der Waals surface area contributed by atoms with Gasteiger partial charge in [-0.2, -0.15) is 5.10 Å². The summed E-state index contributed by atoms with van der Waals surface area (Å²) < 4.78 is 12.1. The number of ether oxygens (including phenoxy) is 2. The fraction of sp³-hybridized carbons (Fsp3) is 0.136. The summed E-state index contributed by atoms with van der Waals surface area (Å²) in [6.45, 7) is 0. The number of rotatable bonds is 7. The Balaban J connectivity index is 1.37. The van der Waals surface area contributed by atoms with E-state index in [0.717, 1.165) is 11.1 Å². The number of fused-ring (bicyclic) bond motifs is 1. The minimum Gasteiger partial charge on any atom is -0.493 e. The number of amides is 2. The van der Waals surface area contributed by atoms with Gasteiger partial charge in [0.05, 0.1) is 37.2 Å². The highest BCUT2D eigenvalue weighted by Crippen LogP contribution is 2.27. The zero-order chi connectivity index (χ0) is 23.2. The highest BCUT2D eigenvalue weighted by atomic mass is 32.2. The number of methoxy groups -OCH3 is 2. The molecule has 33 heavy (non-hydrogen) atoms. The molecule has 0 saturated carbocycles. The van der Waals surface area contributed by atoms with E-state index in [-0.39, 0.29) is 5.75 Å². The minimum atomic E-state index is -0.483. The fourth-order valence-electron chi connectivity index (χ4n) is 3.04. The molecule has 0 aliphatic rings. The number of carbonyl (C=O) groups excluding carboxylic acids is 2. The van der Waals surface area contributed by atoms with E-state index in [0.29, 0.717) is 27.7 Å². The maximum Gasteiger partial charge on any atom is 0.269 e. The van der Waals surface area contributed by atoms with Gasteiger partial charge in [0.15, 0.2) is 17.1 Å². The Bertz CT molecular complexity index is 1290. The Morgan fingerprint density at radius 2 is 1.79 bits per heavy atom. The van der Waals surface area contributed by atoms with Gasteiger partial charge in [0, 0.05) is 5.56 Å². The minimum absolute atomic E-state index is 0.0366. The number of aromatic nitrogens is 4. The second-order valence-corrected chi connectivity index (χ2v) is 7.63. The van der Waals surface area contributed by atoms with Crippen LogP contribution in [0.15, 0.2) is 66.1 Å². The van der Waals surface area contributed by atoms with E-state index in [1.54, 1.807) is 23.0 Å². The Morgan fingerprint density at radius 1 is 1.00 bits per heavy atom. The number of thioether (sulfide) groups is 1. The van der Waals surface area contributed by atoms with Crippen LogP contribution in [0.4, 0.5) is 0 Å². The molecule has 0 aliphatic carbocycles. The molecule has 2 aromatic carbocycles. The number of hydrazine groups is 1. The first kappa shape index (κ1) is 22.1. The summed E-state index contributed by atoms with van der Waals surface area (Å²) in [5.74, 6) is 0.0745. The van der Waals surface area contributed by atoms with Crippen LogP contribution in [0.3, 0.4) is 0 Å². The predicted octanol–water partition coefficient (Wildman–Crippen LogP) is 2.39. The lowest BCUT2D eigenvalue weighted by molar-refractivity contribution is -0.119. The van der Waals surface area contributed by atoms with Crippen LogP contribution in [0, 0.1) is 0 Å². The van der Waals surface area contributed by atoms with Crippen LogP contribution >= 0.6 is 11.8 Å². The molecule has 0 unspecified atom stereocenters. The lowest BCUT2D eigenvalue weighted by atomic mass is 10.2. The van der Waals surface area contributed by atoms with E-state index >= 15 is 0 Å². The Morgan fingerprint density at radius 3 is 2.55 bits per heavy atom. The molecule has 0 aliphatic heterocycles. The Hall–Kier alpha value is -4.12. The fourth-order valence-corrected chi connectivity index (χ4v) is 3.80. The number of hydrogen-bond donors (Lipinski definition) is 2. The lowest BCUT2D eigenvalue weighted by Gasteiger charge is -2.10. The van der Waals surface area contributed by atoms with E-state index in [2.05, 4.69) is 25.9 Å². The molecule has 0 bridgehead atoms. The van der Waals surface area contributed by atoms with Crippen molar-refractivity contribution in [3.8, 4) is 17.2 Å². The number of nitrogens with zero attached hydrogens (tertiary/aromatic N) is 4. The molecule has 4 rings (SSSR count). The molecule has 0 atom stereocenters. The molecule has 11 heteroatoms. The number of hydrogen-bond acceptors (Lipinski definition) is 8. The van der Waals surface area contributed by atoms with E-state index in [9.17, 15) is 9.59 Å². The van der Waals surface area contributed by atoms with Crippen molar-refractivity contribution in [1.82, 2.24) is 30.6 Å². The number of carbonyl (C=O) groups is 2. The summed E-state index contributed by atoms with van der Waals surface area (Å²) in [7, 11) is 2.99. The van der Waals surface area contributed by atoms with E-state index in [1.165, 1.54) is 38.4 Å². The molecule has 2 aromatic heterocycles. The average Bonchev–Trinajstić information content (AvgIpc) is 3.31. The topological polar surface area (TPSA) is 120 Å². The van der Waals surface area contributed by atoms with Gasteiger partial charge in [0.25, 0.3) is 5.91 Å². The third kappa shape index (κ3) is 4.88. The van der Waals surface area contributed by atoms with Crippen molar-refractivity contribution in [2.24, 2.45) is 0 Å². The van der Waals surface area contributed by atoms with Crippen LogP contribution in [-0.4, -0.2) is 51.5 Å².